The van der Waals surface area contributed by atoms with Crippen molar-refractivity contribution in [2.24, 2.45) is 5.92 Å². The van der Waals surface area contributed by atoms with Crippen molar-refractivity contribution in [2.45, 2.75) is 13.0 Å². The minimum Gasteiger partial charge on any atom is -0.299 e. The zero-order valence-electron chi connectivity index (χ0n) is 10.3. The molecule has 0 bridgehead atoms. The van der Waals surface area contributed by atoms with Gasteiger partial charge >= 0.3 is 0 Å². The SMILES string of the molecule is BrCC1CCN(Cc2ccnc3ccccc23)C1. The first kappa shape index (κ1) is 12.1. The number of rotatable bonds is 3. The first-order valence-corrected chi connectivity index (χ1v) is 7.60. The van der Waals surface area contributed by atoms with E-state index in [9.17, 15) is 0 Å². The van der Waals surface area contributed by atoms with Gasteiger partial charge in [0.25, 0.3) is 0 Å². The second-order valence-electron chi connectivity index (χ2n) is 5.03. The monoisotopic (exact) mass is 304 g/mol. The van der Waals surface area contributed by atoms with Gasteiger partial charge in [-0.15, -0.1) is 0 Å². The number of pyridine rings is 1. The number of hydrogen-bond donors (Lipinski definition) is 0. The summed E-state index contributed by atoms with van der Waals surface area (Å²) in [6.45, 7) is 3.47. The maximum atomic E-state index is 4.42. The highest BCUT2D eigenvalue weighted by Gasteiger charge is 2.21. The highest BCUT2D eigenvalue weighted by molar-refractivity contribution is 9.09. The van der Waals surface area contributed by atoms with Crippen LogP contribution in [0.25, 0.3) is 10.9 Å². The van der Waals surface area contributed by atoms with Gasteiger partial charge in [-0.1, -0.05) is 34.1 Å². The van der Waals surface area contributed by atoms with E-state index in [4.69, 9.17) is 0 Å². The molecule has 0 aliphatic carbocycles. The summed E-state index contributed by atoms with van der Waals surface area (Å²) < 4.78 is 0. The van der Waals surface area contributed by atoms with E-state index in [0.29, 0.717) is 0 Å². The second kappa shape index (κ2) is 5.37. The number of para-hydroxylation sites is 1. The molecule has 3 heteroatoms. The van der Waals surface area contributed by atoms with E-state index in [1.54, 1.807) is 0 Å². The van der Waals surface area contributed by atoms with Crippen LogP contribution in [0.4, 0.5) is 0 Å². The summed E-state index contributed by atoms with van der Waals surface area (Å²) in [6, 6.07) is 10.6. The standard InChI is InChI=1S/C15H17BrN2/c16-9-12-6-8-18(10-12)11-13-5-7-17-15-4-2-1-3-14(13)15/h1-5,7,12H,6,8-11H2. The number of likely N-dealkylation sites (tertiary alicyclic amines) is 1. The Hall–Kier alpha value is -0.930. The van der Waals surface area contributed by atoms with E-state index in [1.807, 2.05) is 6.20 Å². The Kier molecular flexibility index (Phi) is 3.62. The Bertz CT molecular complexity index is 536. The molecule has 1 unspecified atom stereocenters. The van der Waals surface area contributed by atoms with Gasteiger partial charge in [-0.05, 0) is 36.6 Å². The van der Waals surface area contributed by atoms with Gasteiger partial charge in [-0.25, -0.2) is 0 Å². The van der Waals surface area contributed by atoms with Crippen LogP contribution < -0.4 is 0 Å². The van der Waals surface area contributed by atoms with Crippen molar-refractivity contribution >= 4 is 26.8 Å². The molecule has 0 saturated carbocycles. The second-order valence-corrected chi connectivity index (χ2v) is 5.68. The third-order valence-electron chi connectivity index (χ3n) is 3.72. The molecule has 1 aromatic carbocycles. The smallest absolute Gasteiger partial charge is 0.0705 e. The van der Waals surface area contributed by atoms with E-state index >= 15 is 0 Å². The Morgan fingerprint density at radius 3 is 3.00 bits per heavy atom. The van der Waals surface area contributed by atoms with Crippen LogP contribution in [0.15, 0.2) is 36.5 Å². The molecule has 1 saturated heterocycles. The normalized spacial score (nSPS) is 20.6. The summed E-state index contributed by atoms with van der Waals surface area (Å²) in [7, 11) is 0. The largest absolute Gasteiger partial charge is 0.299 e. The molecule has 18 heavy (non-hydrogen) atoms. The molecule has 1 aliphatic heterocycles. The Morgan fingerprint density at radius 2 is 2.17 bits per heavy atom. The molecule has 2 aromatic rings. The fraction of sp³-hybridized carbons (Fsp3) is 0.400. The van der Waals surface area contributed by atoms with Gasteiger partial charge in [0.05, 0.1) is 5.52 Å². The van der Waals surface area contributed by atoms with E-state index in [-0.39, 0.29) is 0 Å². The van der Waals surface area contributed by atoms with Gasteiger partial charge in [-0.2, -0.15) is 0 Å². The van der Waals surface area contributed by atoms with Crippen molar-refractivity contribution in [1.82, 2.24) is 9.88 Å². The molecule has 1 atom stereocenters. The number of fused-ring (bicyclic) bond motifs is 1. The van der Waals surface area contributed by atoms with Gasteiger partial charge in [0.1, 0.15) is 0 Å². The number of aromatic nitrogens is 1. The van der Waals surface area contributed by atoms with E-state index < -0.39 is 0 Å². The summed E-state index contributed by atoms with van der Waals surface area (Å²) in [5.74, 6) is 0.818. The van der Waals surface area contributed by atoms with E-state index in [0.717, 1.165) is 23.3 Å². The van der Waals surface area contributed by atoms with Gasteiger partial charge < -0.3 is 0 Å². The molecule has 94 valence electrons. The number of benzene rings is 1. The fourth-order valence-electron chi connectivity index (χ4n) is 2.72. The Morgan fingerprint density at radius 1 is 1.28 bits per heavy atom. The Labute approximate surface area is 116 Å². The average Bonchev–Trinajstić information content (AvgIpc) is 2.87. The quantitative estimate of drug-likeness (QED) is 0.808. The summed E-state index contributed by atoms with van der Waals surface area (Å²) in [6.07, 6.45) is 3.24. The molecule has 2 heterocycles. The van der Waals surface area contributed by atoms with Crippen molar-refractivity contribution in [3.63, 3.8) is 0 Å². The molecule has 1 aromatic heterocycles. The lowest BCUT2D eigenvalue weighted by Crippen LogP contribution is -2.20. The van der Waals surface area contributed by atoms with Crippen LogP contribution >= 0.6 is 15.9 Å². The van der Waals surface area contributed by atoms with Gasteiger partial charge in [-0.3, -0.25) is 9.88 Å². The number of alkyl halides is 1. The summed E-state index contributed by atoms with van der Waals surface area (Å²) in [5, 5.41) is 2.42. The highest BCUT2D eigenvalue weighted by atomic mass is 79.9. The van der Waals surface area contributed by atoms with Crippen LogP contribution in [0.5, 0.6) is 0 Å². The Balaban J connectivity index is 1.83. The van der Waals surface area contributed by atoms with Crippen LogP contribution in [-0.2, 0) is 6.54 Å². The molecule has 1 fully saturated rings. The van der Waals surface area contributed by atoms with Gasteiger partial charge in [0.15, 0.2) is 0 Å². The molecule has 0 N–H and O–H groups in total. The zero-order valence-corrected chi connectivity index (χ0v) is 11.9. The van der Waals surface area contributed by atoms with Crippen molar-refractivity contribution in [3.05, 3.63) is 42.1 Å². The topological polar surface area (TPSA) is 16.1 Å². The minimum atomic E-state index is 0.818. The lowest BCUT2D eigenvalue weighted by molar-refractivity contribution is 0.322. The van der Waals surface area contributed by atoms with Gasteiger partial charge in [0, 0.05) is 30.0 Å². The average molecular weight is 305 g/mol. The molecule has 1 aliphatic rings. The summed E-state index contributed by atoms with van der Waals surface area (Å²) in [4.78, 5) is 6.97. The van der Waals surface area contributed by atoms with Crippen molar-refractivity contribution in [3.8, 4) is 0 Å². The van der Waals surface area contributed by atoms with Crippen LogP contribution in [-0.4, -0.2) is 28.3 Å². The van der Waals surface area contributed by atoms with Crippen LogP contribution in [0.1, 0.15) is 12.0 Å². The van der Waals surface area contributed by atoms with Crippen molar-refractivity contribution in [2.75, 3.05) is 18.4 Å². The lowest BCUT2D eigenvalue weighted by Gasteiger charge is -2.16. The van der Waals surface area contributed by atoms with E-state index in [1.165, 1.54) is 30.5 Å². The third-order valence-corrected chi connectivity index (χ3v) is 4.64. The molecule has 0 amide bonds. The molecule has 3 rings (SSSR count). The molecule has 0 spiro atoms. The first-order chi connectivity index (χ1) is 8.86. The molecule has 2 nitrogen and oxygen atoms in total. The number of halogens is 1. The third kappa shape index (κ3) is 2.43. The van der Waals surface area contributed by atoms with Crippen molar-refractivity contribution < 1.29 is 0 Å². The molecule has 0 radical (unpaired) electrons. The number of hydrogen-bond acceptors (Lipinski definition) is 2. The van der Waals surface area contributed by atoms with Crippen LogP contribution in [0.2, 0.25) is 0 Å². The van der Waals surface area contributed by atoms with Gasteiger partial charge in [0.2, 0.25) is 0 Å². The summed E-state index contributed by atoms with van der Waals surface area (Å²) in [5.41, 5.74) is 2.50. The van der Waals surface area contributed by atoms with Crippen LogP contribution in [0, 0.1) is 5.92 Å². The zero-order chi connectivity index (χ0) is 12.4. The molecular formula is C15H17BrN2. The number of nitrogens with zero attached hydrogens (tertiary/aromatic N) is 2. The fourth-order valence-corrected chi connectivity index (χ4v) is 3.24. The van der Waals surface area contributed by atoms with Crippen LogP contribution in [0.3, 0.4) is 0 Å². The maximum absolute atomic E-state index is 4.42. The highest BCUT2D eigenvalue weighted by Crippen LogP contribution is 2.23. The predicted molar refractivity (Wildman–Crippen MR) is 78.9 cm³/mol. The van der Waals surface area contributed by atoms with E-state index in [2.05, 4.69) is 56.1 Å². The molecular weight excluding hydrogens is 288 g/mol. The predicted octanol–water partition coefficient (Wildman–Crippen LogP) is 3.45. The minimum absolute atomic E-state index is 0.818. The first-order valence-electron chi connectivity index (χ1n) is 6.48. The maximum Gasteiger partial charge on any atom is 0.0705 e. The van der Waals surface area contributed by atoms with Crippen molar-refractivity contribution in [1.29, 1.82) is 0 Å². The summed E-state index contributed by atoms with van der Waals surface area (Å²) >= 11 is 3.59. The lowest BCUT2D eigenvalue weighted by atomic mass is 10.1.